The van der Waals surface area contributed by atoms with Crippen LogP contribution in [0.15, 0.2) is 34.7 Å². The molecule has 1 amide bonds. The van der Waals surface area contributed by atoms with Crippen molar-refractivity contribution in [1.29, 1.82) is 0 Å². The molecule has 1 fully saturated rings. The fraction of sp³-hybridized carbons (Fsp3) is 0.500. The van der Waals surface area contributed by atoms with Crippen molar-refractivity contribution in [1.82, 2.24) is 15.1 Å². The molecule has 7 heteroatoms. The van der Waals surface area contributed by atoms with Crippen LogP contribution in [0.3, 0.4) is 0 Å². The zero-order valence-electron chi connectivity index (χ0n) is 14.7. The summed E-state index contributed by atoms with van der Waals surface area (Å²) >= 11 is 0. The van der Waals surface area contributed by atoms with Gasteiger partial charge in [0.25, 0.3) is 5.91 Å². The number of benzene rings is 1. The van der Waals surface area contributed by atoms with Gasteiger partial charge in [0, 0.05) is 19.6 Å². The summed E-state index contributed by atoms with van der Waals surface area (Å²) in [5.74, 6) is 0.955. The van der Waals surface area contributed by atoms with Gasteiger partial charge in [-0.15, -0.1) is 10.2 Å². The van der Waals surface area contributed by atoms with Crippen molar-refractivity contribution in [2.75, 3.05) is 26.9 Å². The SMILES string of the molecule is CO[C@@H](C(=O)N1CCOC[C@H]1c1nnc(C(C)C)o1)c1ccccc1. The lowest BCUT2D eigenvalue weighted by Gasteiger charge is -2.35. The second-order valence-corrected chi connectivity index (χ2v) is 6.28. The maximum absolute atomic E-state index is 13.1. The van der Waals surface area contributed by atoms with E-state index in [1.807, 2.05) is 44.2 Å². The fourth-order valence-corrected chi connectivity index (χ4v) is 2.84. The minimum atomic E-state index is -0.672. The minimum absolute atomic E-state index is 0.131. The molecule has 3 rings (SSSR count). The highest BCUT2D eigenvalue weighted by Gasteiger charge is 2.36. The van der Waals surface area contributed by atoms with E-state index in [1.165, 1.54) is 7.11 Å². The predicted octanol–water partition coefficient (Wildman–Crippen LogP) is 2.48. The zero-order chi connectivity index (χ0) is 17.8. The quantitative estimate of drug-likeness (QED) is 0.828. The molecule has 1 aromatic heterocycles. The fourth-order valence-electron chi connectivity index (χ4n) is 2.84. The highest BCUT2D eigenvalue weighted by atomic mass is 16.5. The predicted molar refractivity (Wildman–Crippen MR) is 89.9 cm³/mol. The van der Waals surface area contributed by atoms with E-state index < -0.39 is 12.1 Å². The van der Waals surface area contributed by atoms with Crippen molar-refractivity contribution < 1.29 is 18.7 Å². The summed E-state index contributed by atoms with van der Waals surface area (Å²) in [5, 5.41) is 8.19. The molecule has 7 nitrogen and oxygen atoms in total. The Morgan fingerprint density at radius 1 is 1.28 bits per heavy atom. The Balaban J connectivity index is 1.85. The average molecular weight is 345 g/mol. The lowest BCUT2D eigenvalue weighted by atomic mass is 10.1. The van der Waals surface area contributed by atoms with Gasteiger partial charge in [-0.2, -0.15) is 0 Å². The summed E-state index contributed by atoms with van der Waals surface area (Å²) in [6, 6.07) is 9.04. The van der Waals surface area contributed by atoms with E-state index in [2.05, 4.69) is 10.2 Å². The molecule has 2 atom stereocenters. The van der Waals surface area contributed by atoms with Crippen LogP contribution >= 0.6 is 0 Å². The maximum atomic E-state index is 13.1. The standard InChI is InChI=1S/C18H23N3O4/c1-12(2)16-19-20-17(25-16)14-11-24-10-9-21(14)18(22)15(23-3)13-7-5-4-6-8-13/h4-8,12,14-15H,9-11H2,1-3H3/t14-,15+/m0/s1. The van der Waals surface area contributed by atoms with Crippen molar-refractivity contribution in [3.63, 3.8) is 0 Å². The molecule has 1 saturated heterocycles. The third kappa shape index (κ3) is 3.72. The monoisotopic (exact) mass is 345 g/mol. The number of carbonyl (C=O) groups excluding carboxylic acids is 1. The van der Waals surface area contributed by atoms with E-state index >= 15 is 0 Å². The van der Waals surface area contributed by atoms with Gasteiger partial charge < -0.3 is 18.8 Å². The van der Waals surface area contributed by atoms with Crippen molar-refractivity contribution in [2.45, 2.75) is 31.9 Å². The number of ether oxygens (including phenoxy) is 2. The number of hydrogen-bond acceptors (Lipinski definition) is 6. The van der Waals surface area contributed by atoms with Crippen molar-refractivity contribution in [3.8, 4) is 0 Å². The molecule has 2 aromatic rings. The highest BCUT2D eigenvalue weighted by molar-refractivity contribution is 5.82. The van der Waals surface area contributed by atoms with Gasteiger partial charge >= 0.3 is 0 Å². The molecule has 0 radical (unpaired) electrons. The van der Waals surface area contributed by atoms with Crippen LogP contribution in [0.25, 0.3) is 0 Å². The summed E-state index contributed by atoms with van der Waals surface area (Å²) in [6.45, 7) is 5.22. The van der Waals surface area contributed by atoms with Crippen molar-refractivity contribution in [2.24, 2.45) is 0 Å². The molecule has 1 aromatic carbocycles. The molecule has 1 aliphatic heterocycles. The van der Waals surface area contributed by atoms with Crippen LogP contribution in [0.2, 0.25) is 0 Å². The summed E-state index contributed by atoms with van der Waals surface area (Å²) in [7, 11) is 1.54. The largest absolute Gasteiger partial charge is 0.423 e. The number of morpholine rings is 1. The lowest BCUT2D eigenvalue weighted by molar-refractivity contribution is -0.152. The van der Waals surface area contributed by atoms with E-state index in [-0.39, 0.29) is 11.8 Å². The number of aromatic nitrogens is 2. The summed E-state index contributed by atoms with van der Waals surface area (Å²) in [5.41, 5.74) is 0.814. The molecule has 1 aliphatic rings. The summed E-state index contributed by atoms with van der Waals surface area (Å²) in [6.07, 6.45) is -0.672. The number of rotatable bonds is 5. The molecule has 2 heterocycles. The van der Waals surface area contributed by atoms with Gasteiger partial charge in [-0.05, 0) is 5.56 Å². The van der Waals surface area contributed by atoms with Crippen LogP contribution in [-0.2, 0) is 14.3 Å². The van der Waals surface area contributed by atoms with E-state index in [1.54, 1.807) is 4.90 Å². The highest BCUT2D eigenvalue weighted by Crippen LogP contribution is 2.29. The summed E-state index contributed by atoms with van der Waals surface area (Å²) in [4.78, 5) is 14.8. The van der Waals surface area contributed by atoms with Gasteiger partial charge in [0.2, 0.25) is 11.8 Å². The first-order chi connectivity index (χ1) is 12.1. The molecule has 0 unspecified atom stereocenters. The third-order valence-electron chi connectivity index (χ3n) is 4.21. The minimum Gasteiger partial charge on any atom is -0.423 e. The van der Waals surface area contributed by atoms with E-state index in [4.69, 9.17) is 13.9 Å². The number of amides is 1. The average Bonchev–Trinajstić information content (AvgIpc) is 3.13. The molecule has 25 heavy (non-hydrogen) atoms. The van der Waals surface area contributed by atoms with Gasteiger partial charge in [-0.1, -0.05) is 44.2 Å². The molecule has 0 aliphatic carbocycles. The first kappa shape index (κ1) is 17.6. The Morgan fingerprint density at radius 2 is 2.04 bits per heavy atom. The first-order valence-corrected chi connectivity index (χ1v) is 8.41. The van der Waals surface area contributed by atoms with Crippen LogP contribution in [-0.4, -0.2) is 47.9 Å². The van der Waals surface area contributed by atoms with E-state index in [0.29, 0.717) is 31.5 Å². The number of carbonyl (C=O) groups is 1. The van der Waals surface area contributed by atoms with Crippen LogP contribution < -0.4 is 0 Å². The van der Waals surface area contributed by atoms with E-state index in [9.17, 15) is 4.79 Å². The van der Waals surface area contributed by atoms with Gasteiger partial charge in [0.15, 0.2) is 6.10 Å². The molecular formula is C18H23N3O4. The van der Waals surface area contributed by atoms with E-state index in [0.717, 1.165) is 5.56 Å². The topological polar surface area (TPSA) is 77.7 Å². The van der Waals surface area contributed by atoms with Crippen LogP contribution in [0.1, 0.15) is 49.3 Å². The number of methoxy groups -OCH3 is 1. The Kier molecular flexibility index (Phi) is 5.45. The first-order valence-electron chi connectivity index (χ1n) is 8.41. The molecule has 0 spiro atoms. The van der Waals surface area contributed by atoms with Gasteiger partial charge in [-0.3, -0.25) is 4.79 Å². The smallest absolute Gasteiger partial charge is 0.257 e. The molecule has 0 bridgehead atoms. The summed E-state index contributed by atoms with van der Waals surface area (Å²) < 4.78 is 16.8. The van der Waals surface area contributed by atoms with Crippen molar-refractivity contribution in [3.05, 3.63) is 47.7 Å². The van der Waals surface area contributed by atoms with Gasteiger partial charge in [0.05, 0.1) is 13.2 Å². The molecular weight excluding hydrogens is 322 g/mol. The Bertz CT molecular complexity index is 701. The van der Waals surface area contributed by atoms with Crippen LogP contribution in [0.5, 0.6) is 0 Å². The van der Waals surface area contributed by atoms with Crippen LogP contribution in [0, 0.1) is 0 Å². The number of hydrogen-bond donors (Lipinski definition) is 0. The van der Waals surface area contributed by atoms with Crippen molar-refractivity contribution >= 4 is 5.91 Å². The second kappa shape index (κ2) is 7.76. The number of nitrogens with zero attached hydrogens (tertiary/aromatic N) is 3. The van der Waals surface area contributed by atoms with Crippen LogP contribution in [0.4, 0.5) is 0 Å². The normalized spacial score (nSPS) is 19.2. The zero-order valence-corrected chi connectivity index (χ0v) is 14.7. The van der Waals surface area contributed by atoms with Gasteiger partial charge in [0.1, 0.15) is 6.04 Å². The lowest BCUT2D eigenvalue weighted by Crippen LogP contribution is -2.46. The third-order valence-corrected chi connectivity index (χ3v) is 4.21. The van der Waals surface area contributed by atoms with Gasteiger partial charge in [-0.25, -0.2) is 0 Å². The second-order valence-electron chi connectivity index (χ2n) is 6.28. The molecule has 0 saturated carbocycles. The Morgan fingerprint density at radius 3 is 2.68 bits per heavy atom. The Labute approximate surface area is 146 Å². The molecule has 0 N–H and O–H groups in total. The molecule has 134 valence electrons. The maximum Gasteiger partial charge on any atom is 0.257 e. The Hall–Kier alpha value is -2.25.